The Bertz CT molecular complexity index is 1410. The summed E-state index contributed by atoms with van der Waals surface area (Å²) < 4.78 is 12.8. The lowest BCUT2D eigenvalue weighted by molar-refractivity contribution is 0.0544. The molecular weight excluding hydrogens is 512 g/mol. The average molecular weight is 551 g/mol. The van der Waals surface area contributed by atoms with E-state index in [9.17, 15) is 9.59 Å². The molecule has 3 heterocycles. The molecule has 1 fully saturated rings. The first-order chi connectivity index (χ1) is 18.6. The van der Waals surface area contributed by atoms with Crippen molar-refractivity contribution in [3.8, 4) is 22.6 Å². The molecular formula is C30H38N4O4S. The largest absolute Gasteiger partial charge is 0.464 e. The molecule has 0 spiro atoms. The van der Waals surface area contributed by atoms with Gasteiger partial charge in [0.1, 0.15) is 12.4 Å². The summed E-state index contributed by atoms with van der Waals surface area (Å²) >= 11 is 0. The highest BCUT2D eigenvalue weighted by molar-refractivity contribution is 8.32. The smallest absolute Gasteiger partial charge is 0.356 e. The van der Waals surface area contributed by atoms with E-state index in [4.69, 9.17) is 14.5 Å². The zero-order valence-electron chi connectivity index (χ0n) is 23.7. The lowest BCUT2D eigenvalue weighted by Crippen LogP contribution is -2.34. The van der Waals surface area contributed by atoms with Crippen LogP contribution in [0.5, 0.6) is 0 Å². The van der Waals surface area contributed by atoms with Crippen LogP contribution in [0.1, 0.15) is 51.9 Å². The van der Waals surface area contributed by atoms with Gasteiger partial charge in [0.05, 0.1) is 19.4 Å². The number of aromatic nitrogens is 3. The predicted molar refractivity (Wildman–Crippen MR) is 155 cm³/mol. The van der Waals surface area contributed by atoms with E-state index in [1.165, 1.54) is 20.0 Å². The lowest BCUT2D eigenvalue weighted by atomic mass is 10.0. The fourth-order valence-corrected chi connectivity index (χ4v) is 5.75. The summed E-state index contributed by atoms with van der Waals surface area (Å²) in [5, 5.41) is 0. The minimum atomic E-state index is -0.698. The number of imidazole rings is 1. The van der Waals surface area contributed by atoms with Crippen LogP contribution in [0.15, 0.2) is 36.5 Å². The number of hydrogen-bond acceptors (Lipinski definition) is 6. The predicted octanol–water partition coefficient (Wildman–Crippen LogP) is 5.13. The van der Waals surface area contributed by atoms with E-state index >= 15 is 0 Å². The van der Waals surface area contributed by atoms with Gasteiger partial charge in [-0.25, -0.2) is 19.8 Å². The molecule has 0 N–H and O–H groups in total. The molecule has 1 aliphatic heterocycles. The summed E-state index contributed by atoms with van der Waals surface area (Å²) in [4.78, 5) is 37.0. The molecule has 1 atom stereocenters. The number of aryl methyl sites for hydroxylation is 1. The molecule has 2 aliphatic rings. The number of rotatable bonds is 10. The number of nitrogens with zero attached hydrogens (tertiary/aromatic N) is 4. The maximum Gasteiger partial charge on any atom is 0.356 e. The first-order valence-electron chi connectivity index (χ1n) is 13.4. The molecule has 1 aliphatic carbocycles. The van der Waals surface area contributed by atoms with Crippen LogP contribution in [-0.2, 0) is 22.7 Å². The molecule has 208 valence electrons. The highest BCUT2D eigenvalue weighted by atomic mass is 32.3. The minimum Gasteiger partial charge on any atom is -0.464 e. The zero-order valence-corrected chi connectivity index (χ0v) is 24.5. The monoisotopic (exact) mass is 550 g/mol. The van der Waals surface area contributed by atoms with E-state index in [0.29, 0.717) is 42.0 Å². The molecule has 0 unspecified atom stereocenters. The van der Waals surface area contributed by atoms with Crippen LogP contribution in [0.4, 0.5) is 0 Å². The highest BCUT2D eigenvalue weighted by Crippen LogP contribution is 2.39. The van der Waals surface area contributed by atoms with Gasteiger partial charge in [-0.3, -0.25) is 14.3 Å². The van der Waals surface area contributed by atoms with Gasteiger partial charge in [-0.15, -0.1) is 0 Å². The summed E-state index contributed by atoms with van der Waals surface area (Å²) in [7, 11) is 0.669. The van der Waals surface area contributed by atoms with Gasteiger partial charge < -0.3 is 14.4 Å². The Hall–Kier alpha value is -3.17. The number of ether oxygens (including phenoxy) is 2. The van der Waals surface area contributed by atoms with Crippen molar-refractivity contribution in [2.75, 3.05) is 38.2 Å². The molecule has 1 amide bonds. The van der Waals surface area contributed by atoms with Crippen LogP contribution in [0.3, 0.4) is 0 Å². The molecule has 2 aromatic heterocycles. The topological polar surface area (TPSA) is 86.5 Å². The number of carbonyl (C=O) groups excluding carboxylic acids is 2. The highest BCUT2D eigenvalue weighted by Gasteiger charge is 2.38. The van der Waals surface area contributed by atoms with Crippen molar-refractivity contribution in [2.24, 2.45) is 5.92 Å². The van der Waals surface area contributed by atoms with E-state index in [0.717, 1.165) is 28.0 Å². The minimum absolute atomic E-state index is 0.132. The number of benzene rings is 1. The molecule has 5 rings (SSSR count). The molecule has 0 saturated heterocycles. The fraction of sp³-hybridized carbons (Fsp3) is 0.467. The van der Waals surface area contributed by atoms with Gasteiger partial charge in [0.2, 0.25) is 0 Å². The van der Waals surface area contributed by atoms with Crippen molar-refractivity contribution in [2.45, 2.75) is 46.0 Å². The maximum atomic E-state index is 13.0. The van der Waals surface area contributed by atoms with Crippen LogP contribution >= 0.6 is 10.0 Å². The second-order valence-electron chi connectivity index (χ2n) is 11.4. The molecule has 0 bridgehead atoms. The normalized spacial score (nSPS) is 16.4. The Balaban J connectivity index is 1.44. The van der Waals surface area contributed by atoms with Crippen molar-refractivity contribution in [3.05, 3.63) is 59.0 Å². The lowest BCUT2D eigenvalue weighted by Gasteiger charge is -2.24. The van der Waals surface area contributed by atoms with Gasteiger partial charge in [0.15, 0.2) is 11.5 Å². The third-order valence-electron chi connectivity index (χ3n) is 7.64. The van der Waals surface area contributed by atoms with Gasteiger partial charge >= 0.3 is 5.97 Å². The maximum absolute atomic E-state index is 13.0. The number of amides is 1. The van der Waals surface area contributed by atoms with Crippen LogP contribution in [-0.4, -0.2) is 75.6 Å². The second kappa shape index (κ2) is 10.8. The Morgan fingerprint density at radius 2 is 1.90 bits per heavy atom. The Morgan fingerprint density at radius 3 is 2.59 bits per heavy atom. The number of pyridine rings is 1. The van der Waals surface area contributed by atoms with Crippen molar-refractivity contribution >= 4 is 21.9 Å². The number of fused-ring (bicyclic) bond motifs is 1. The van der Waals surface area contributed by atoms with Crippen molar-refractivity contribution < 1.29 is 19.1 Å². The van der Waals surface area contributed by atoms with Crippen molar-refractivity contribution in [1.29, 1.82) is 0 Å². The van der Waals surface area contributed by atoms with Crippen LogP contribution in [0.25, 0.3) is 22.6 Å². The molecule has 0 radical (unpaired) electrons. The van der Waals surface area contributed by atoms with Gasteiger partial charge in [-0.2, -0.15) is 0 Å². The molecule has 1 aromatic carbocycles. The van der Waals surface area contributed by atoms with Gasteiger partial charge in [-0.1, -0.05) is 6.07 Å². The summed E-state index contributed by atoms with van der Waals surface area (Å²) in [6, 6.07) is 10.3. The van der Waals surface area contributed by atoms with E-state index in [-0.39, 0.29) is 18.7 Å². The Kier molecular flexibility index (Phi) is 7.57. The molecule has 39 heavy (non-hydrogen) atoms. The first-order valence-corrected chi connectivity index (χ1v) is 16.4. The van der Waals surface area contributed by atoms with E-state index in [2.05, 4.69) is 36.7 Å². The van der Waals surface area contributed by atoms with E-state index in [1.807, 2.05) is 29.2 Å². The third kappa shape index (κ3) is 5.75. The van der Waals surface area contributed by atoms with E-state index < -0.39 is 16.0 Å². The zero-order chi connectivity index (χ0) is 27.9. The van der Waals surface area contributed by atoms with Gasteiger partial charge in [0, 0.05) is 30.1 Å². The summed E-state index contributed by atoms with van der Waals surface area (Å²) in [6.45, 7) is 5.38. The number of carbonyl (C=O) groups is 2. The van der Waals surface area contributed by atoms with Crippen LogP contribution < -0.4 is 0 Å². The SMILES string of the molecule is COC(=O)c1c(C)nc(-c2cc(-c3ccc4c(c3)CN([C@@H](C)C3CC3)C4=O)ccn2)n1COCCS(C)(C)C. The first kappa shape index (κ1) is 27.4. The molecule has 9 heteroatoms. The van der Waals surface area contributed by atoms with E-state index in [1.54, 1.807) is 17.7 Å². The summed E-state index contributed by atoms with van der Waals surface area (Å²) in [5.74, 6) is 1.83. The van der Waals surface area contributed by atoms with Crippen LogP contribution in [0, 0.1) is 12.8 Å². The van der Waals surface area contributed by atoms with Crippen molar-refractivity contribution in [3.63, 3.8) is 0 Å². The third-order valence-corrected chi connectivity index (χ3v) is 9.03. The Morgan fingerprint density at radius 1 is 1.15 bits per heavy atom. The number of methoxy groups -OCH3 is 1. The standard InChI is InChI=1S/C30H38N4O4S/c1-19-27(30(36)37-3)34(18-38-13-14-39(4,5)6)28(32-19)26-16-23(11-12-31-26)22-9-10-25-24(15-22)17-33(29(25)35)20(2)21-7-8-21/h9-12,15-16,20-21H,7-8,13-14,17-18H2,1-6H3/t20-/m0/s1. The summed E-state index contributed by atoms with van der Waals surface area (Å²) in [6.07, 6.45) is 10.9. The van der Waals surface area contributed by atoms with Gasteiger partial charge in [-0.05, 0) is 92.3 Å². The quantitative estimate of drug-likeness (QED) is 0.257. The summed E-state index contributed by atoms with van der Waals surface area (Å²) in [5.41, 5.74) is 5.40. The van der Waals surface area contributed by atoms with Crippen LogP contribution in [0.2, 0.25) is 0 Å². The second-order valence-corrected chi connectivity index (χ2v) is 16.0. The van der Waals surface area contributed by atoms with Crippen molar-refractivity contribution in [1.82, 2.24) is 19.4 Å². The average Bonchev–Trinajstić information content (AvgIpc) is 3.64. The fourth-order valence-electron chi connectivity index (χ4n) is 5.13. The number of hydrogen-bond donors (Lipinski definition) is 0. The number of esters is 1. The molecule has 8 nitrogen and oxygen atoms in total. The Labute approximate surface area is 232 Å². The molecule has 3 aromatic rings. The van der Waals surface area contributed by atoms with Gasteiger partial charge in [0.25, 0.3) is 5.91 Å². The molecule has 1 saturated carbocycles.